The zero-order valence-electron chi connectivity index (χ0n) is 15.8. The lowest BCUT2D eigenvalue weighted by Crippen LogP contribution is -3.00. The molecule has 3 aromatic rings. The first kappa shape index (κ1) is 21.7. The molecule has 27 heavy (non-hydrogen) atoms. The Morgan fingerprint density at radius 2 is 1.96 bits per heavy atom. The summed E-state index contributed by atoms with van der Waals surface area (Å²) < 4.78 is 13.0. The van der Waals surface area contributed by atoms with Crippen LogP contribution in [0.3, 0.4) is 0 Å². The number of aryl methyl sites for hydroxylation is 1. The Bertz CT molecular complexity index is 946. The molecule has 146 valence electrons. The van der Waals surface area contributed by atoms with Gasteiger partial charge in [0.05, 0.1) is 26.1 Å². The molecule has 0 saturated carbocycles. The monoisotopic (exact) mass is 425 g/mol. The standard InChI is InChI=1S/C19H23N3O2S2.ClH/c1-11-9-22(17(8-14(26)10-25)12(2)18(11)24-4)19-20-15-6-5-13(23-3)7-16(15)21-19;/h5-7,9,14H,8,10H2,1-4H3,(H2-,20,21,25,26);1H. The number of hydrogen-bond acceptors (Lipinski definition) is 5. The van der Waals surface area contributed by atoms with E-state index in [-0.39, 0.29) is 17.7 Å². The molecule has 0 radical (unpaired) electrons. The Morgan fingerprint density at radius 3 is 2.59 bits per heavy atom. The number of aromatic nitrogens is 3. The Morgan fingerprint density at radius 1 is 1.22 bits per heavy atom. The fourth-order valence-electron chi connectivity index (χ4n) is 3.20. The van der Waals surface area contributed by atoms with Gasteiger partial charge in [0.15, 0.2) is 5.52 Å². The predicted molar refractivity (Wildman–Crippen MR) is 111 cm³/mol. The van der Waals surface area contributed by atoms with Gasteiger partial charge in [0, 0.05) is 34.6 Å². The molecule has 0 aliphatic heterocycles. The topological polar surface area (TPSA) is 51.0 Å². The molecule has 0 amide bonds. The smallest absolute Gasteiger partial charge is 0.402 e. The van der Waals surface area contributed by atoms with E-state index < -0.39 is 0 Å². The number of nitrogens with one attached hydrogen (secondary N) is 1. The highest BCUT2D eigenvalue weighted by atomic mass is 35.5. The number of nitrogens with zero attached hydrogens (tertiary/aromatic N) is 2. The van der Waals surface area contributed by atoms with Crippen molar-refractivity contribution in [3.63, 3.8) is 0 Å². The Balaban J connectivity index is 0.00000261. The Labute approximate surface area is 176 Å². The fraction of sp³-hybridized carbons (Fsp3) is 0.368. The van der Waals surface area contributed by atoms with E-state index in [0.717, 1.165) is 51.7 Å². The van der Waals surface area contributed by atoms with Crippen molar-refractivity contribution in [3.8, 4) is 17.4 Å². The van der Waals surface area contributed by atoms with E-state index in [9.17, 15) is 0 Å². The third-order valence-corrected chi connectivity index (χ3v) is 5.59. The maximum Gasteiger partial charge on any atom is 0.402 e. The Hall–Kier alpha value is -1.57. The minimum Gasteiger partial charge on any atom is -1.00 e. The summed E-state index contributed by atoms with van der Waals surface area (Å²) in [6, 6.07) is 5.81. The minimum absolute atomic E-state index is 0. The van der Waals surface area contributed by atoms with E-state index in [1.165, 1.54) is 0 Å². The maximum absolute atomic E-state index is 5.61. The van der Waals surface area contributed by atoms with E-state index in [2.05, 4.69) is 47.9 Å². The maximum atomic E-state index is 5.61. The number of benzene rings is 1. The van der Waals surface area contributed by atoms with Gasteiger partial charge in [-0.1, -0.05) is 4.98 Å². The van der Waals surface area contributed by atoms with Crippen LogP contribution < -0.4 is 26.4 Å². The largest absolute Gasteiger partial charge is 1.00 e. The lowest BCUT2D eigenvalue weighted by Gasteiger charge is -2.17. The minimum atomic E-state index is 0. The molecule has 2 heterocycles. The van der Waals surface area contributed by atoms with Gasteiger partial charge in [-0.25, -0.2) is 9.55 Å². The Kier molecular flexibility index (Phi) is 7.31. The van der Waals surface area contributed by atoms with Crippen molar-refractivity contribution in [3.05, 3.63) is 41.2 Å². The van der Waals surface area contributed by atoms with Crippen LogP contribution in [0.2, 0.25) is 0 Å². The van der Waals surface area contributed by atoms with Crippen molar-refractivity contribution < 1.29 is 26.4 Å². The second-order valence-corrected chi connectivity index (χ2v) is 7.37. The zero-order chi connectivity index (χ0) is 18.8. The normalized spacial score (nSPS) is 11.9. The molecule has 1 atom stereocenters. The van der Waals surface area contributed by atoms with Crippen molar-refractivity contribution in [2.45, 2.75) is 25.5 Å². The van der Waals surface area contributed by atoms with Crippen LogP contribution in [0.1, 0.15) is 16.8 Å². The summed E-state index contributed by atoms with van der Waals surface area (Å²) >= 11 is 9.02. The third kappa shape index (κ3) is 4.31. The van der Waals surface area contributed by atoms with E-state index in [1.807, 2.05) is 25.1 Å². The van der Waals surface area contributed by atoms with Gasteiger partial charge in [-0.05, 0) is 26.0 Å². The number of hydrogen-bond donors (Lipinski definition) is 3. The molecule has 2 aromatic heterocycles. The lowest BCUT2D eigenvalue weighted by atomic mass is 10.1. The van der Waals surface area contributed by atoms with E-state index in [0.29, 0.717) is 5.75 Å². The van der Waals surface area contributed by atoms with Crippen molar-refractivity contribution in [2.24, 2.45) is 0 Å². The summed E-state index contributed by atoms with van der Waals surface area (Å²) in [6.45, 7) is 4.11. The molecule has 0 bridgehead atoms. The number of halogens is 1. The van der Waals surface area contributed by atoms with Crippen LogP contribution >= 0.6 is 25.3 Å². The molecular formula is C19H24ClN3O2S2. The average molecular weight is 426 g/mol. The number of rotatable bonds is 6. The van der Waals surface area contributed by atoms with E-state index in [4.69, 9.17) is 14.5 Å². The molecule has 0 saturated heterocycles. The van der Waals surface area contributed by atoms with Gasteiger partial charge < -0.3 is 21.9 Å². The van der Waals surface area contributed by atoms with Crippen LogP contribution in [0.25, 0.3) is 17.0 Å². The first-order chi connectivity index (χ1) is 12.5. The summed E-state index contributed by atoms with van der Waals surface area (Å²) in [6.07, 6.45) is 2.81. The molecule has 0 spiro atoms. The fourth-order valence-corrected chi connectivity index (χ4v) is 3.50. The van der Waals surface area contributed by atoms with Crippen LogP contribution in [0, 0.1) is 13.8 Å². The van der Waals surface area contributed by atoms with Crippen molar-refractivity contribution in [1.82, 2.24) is 9.97 Å². The molecule has 1 aromatic carbocycles. The summed E-state index contributed by atoms with van der Waals surface area (Å²) in [5.74, 6) is 3.15. The second kappa shape index (κ2) is 9.08. The van der Waals surface area contributed by atoms with E-state index >= 15 is 0 Å². The van der Waals surface area contributed by atoms with Gasteiger partial charge in [-0.3, -0.25) is 0 Å². The predicted octanol–water partition coefficient (Wildman–Crippen LogP) is 0.248. The first-order valence-corrected chi connectivity index (χ1v) is 9.55. The zero-order valence-corrected chi connectivity index (χ0v) is 18.3. The molecule has 1 unspecified atom stereocenters. The highest BCUT2D eigenvalue weighted by molar-refractivity contribution is 7.84. The number of imidazole rings is 1. The number of ether oxygens (including phenoxy) is 2. The van der Waals surface area contributed by atoms with Crippen molar-refractivity contribution >= 4 is 36.3 Å². The number of pyridine rings is 1. The molecule has 0 fully saturated rings. The highest BCUT2D eigenvalue weighted by Gasteiger charge is 2.23. The van der Waals surface area contributed by atoms with E-state index in [1.54, 1.807) is 14.2 Å². The average Bonchev–Trinajstić information content (AvgIpc) is 3.06. The molecule has 0 aliphatic rings. The third-order valence-electron chi connectivity index (χ3n) is 4.49. The second-order valence-electron chi connectivity index (χ2n) is 6.27. The molecule has 3 rings (SSSR count). The summed E-state index contributed by atoms with van der Waals surface area (Å²) in [7, 11) is 3.36. The van der Waals surface area contributed by atoms with Gasteiger partial charge in [-0.2, -0.15) is 25.3 Å². The van der Waals surface area contributed by atoms with Crippen LogP contribution in [0.4, 0.5) is 0 Å². The van der Waals surface area contributed by atoms with Crippen LogP contribution in [0.5, 0.6) is 11.5 Å². The van der Waals surface area contributed by atoms with Gasteiger partial charge in [0.2, 0.25) is 0 Å². The van der Waals surface area contributed by atoms with Crippen LogP contribution in [0.15, 0.2) is 24.4 Å². The molecule has 1 N–H and O–H groups in total. The number of aromatic amines is 1. The number of methoxy groups -OCH3 is 2. The van der Waals surface area contributed by atoms with Crippen LogP contribution in [-0.2, 0) is 6.42 Å². The molecule has 5 nitrogen and oxygen atoms in total. The number of thiol groups is 2. The molecule has 0 aliphatic carbocycles. The molecule has 8 heteroatoms. The van der Waals surface area contributed by atoms with Gasteiger partial charge in [0.25, 0.3) is 0 Å². The quantitative estimate of drug-likeness (QED) is 0.392. The SMILES string of the molecule is COc1ccc2nc(-[n+]3cc(C)c(OC)c(C)c3CC(S)CS)[nH]c2c1.[Cl-]. The first-order valence-electron chi connectivity index (χ1n) is 8.40. The lowest BCUT2D eigenvalue weighted by molar-refractivity contribution is -0.612. The number of H-pyrrole nitrogens is 1. The van der Waals surface area contributed by atoms with Crippen molar-refractivity contribution in [1.29, 1.82) is 0 Å². The van der Waals surface area contributed by atoms with Crippen molar-refractivity contribution in [2.75, 3.05) is 20.0 Å². The van der Waals surface area contributed by atoms with Gasteiger partial charge in [-0.15, -0.1) is 0 Å². The van der Waals surface area contributed by atoms with Crippen LogP contribution in [-0.4, -0.2) is 35.2 Å². The van der Waals surface area contributed by atoms with Gasteiger partial charge >= 0.3 is 5.95 Å². The summed E-state index contributed by atoms with van der Waals surface area (Å²) in [5, 5.41) is 0.139. The molecular weight excluding hydrogens is 402 g/mol. The summed E-state index contributed by atoms with van der Waals surface area (Å²) in [5.41, 5.74) is 5.06. The van der Waals surface area contributed by atoms with Gasteiger partial charge in [0.1, 0.15) is 17.0 Å². The highest BCUT2D eigenvalue weighted by Crippen LogP contribution is 2.26. The summed E-state index contributed by atoms with van der Waals surface area (Å²) in [4.78, 5) is 8.15. The number of fused-ring (bicyclic) bond motifs is 1.